The van der Waals surface area contributed by atoms with Crippen LogP contribution in [0.25, 0.3) is 33.7 Å². The second-order valence-electron chi connectivity index (χ2n) is 7.95. The predicted octanol–water partition coefficient (Wildman–Crippen LogP) is 5.13. The van der Waals surface area contributed by atoms with E-state index in [1.165, 1.54) is 18.2 Å². The molecule has 0 saturated carbocycles. The van der Waals surface area contributed by atoms with Crippen molar-refractivity contribution in [2.24, 2.45) is 7.05 Å². The van der Waals surface area contributed by atoms with E-state index in [-0.39, 0.29) is 18.0 Å². The molecule has 0 amide bonds. The highest BCUT2D eigenvalue weighted by Crippen LogP contribution is 2.39. The SMILES string of the molecule is Cc1[nH]nc(-c2ccc(OCc3ccc([N+](=O)[O-])cc3)cc2O)c1-c1nc2ccccc2n1C. The number of aryl methyl sites for hydroxylation is 2. The fourth-order valence-electron chi connectivity index (χ4n) is 3.95. The zero-order valence-corrected chi connectivity index (χ0v) is 18.5. The molecule has 0 saturated heterocycles. The maximum absolute atomic E-state index is 10.8. The number of ether oxygens (including phenoxy) is 1. The molecule has 34 heavy (non-hydrogen) atoms. The molecule has 2 aromatic heterocycles. The van der Waals surface area contributed by atoms with Gasteiger partial charge in [0, 0.05) is 36.5 Å². The van der Waals surface area contributed by atoms with E-state index in [2.05, 4.69) is 10.2 Å². The number of aromatic hydroxyl groups is 1. The van der Waals surface area contributed by atoms with Crippen molar-refractivity contribution >= 4 is 16.7 Å². The van der Waals surface area contributed by atoms with E-state index in [0.29, 0.717) is 17.0 Å². The highest BCUT2D eigenvalue weighted by atomic mass is 16.6. The van der Waals surface area contributed by atoms with Crippen LogP contribution in [0.4, 0.5) is 5.69 Å². The summed E-state index contributed by atoms with van der Waals surface area (Å²) in [5, 5.41) is 29.0. The Morgan fingerprint density at radius 2 is 1.88 bits per heavy atom. The number of rotatable bonds is 6. The first-order valence-electron chi connectivity index (χ1n) is 10.6. The number of aromatic nitrogens is 4. The van der Waals surface area contributed by atoms with Gasteiger partial charge in [0.05, 0.1) is 21.5 Å². The maximum atomic E-state index is 10.8. The molecule has 2 N–H and O–H groups in total. The number of imidazole rings is 1. The number of hydrogen-bond acceptors (Lipinski definition) is 6. The van der Waals surface area contributed by atoms with Gasteiger partial charge in [0.2, 0.25) is 0 Å². The number of hydrogen-bond donors (Lipinski definition) is 2. The first-order valence-corrected chi connectivity index (χ1v) is 10.6. The van der Waals surface area contributed by atoms with Crippen molar-refractivity contribution in [3.8, 4) is 34.1 Å². The average molecular weight is 455 g/mol. The van der Waals surface area contributed by atoms with Crippen LogP contribution in [-0.4, -0.2) is 29.8 Å². The van der Waals surface area contributed by atoms with Gasteiger partial charge in [-0.3, -0.25) is 15.2 Å². The molecular formula is C25H21N5O4. The normalized spacial score (nSPS) is 11.1. The fraction of sp³-hybridized carbons (Fsp3) is 0.120. The molecule has 0 spiro atoms. The fourth-order valence-corrected chi connectivity index (χ4v) is 3.95. The minimum absolute atomic E-state index is 0.0210. The molecule has 170 valence electrons. The third kappa shape index (κ3) is 3.73. The van der Waals surface area contributed by atoms with Gasteiger partial charge < -0.3 is 14.4 Å². The summed E-state index contributed by atoms with van der Waals surface area (Å²) >= 11 is 0. The molecule has 5 rings (SSSR count). The quantitative estimate of drug-likeness (QED) is 0.271. The molecule has 0 aliphatic rings. The number of fused-ring (bicyclic) bond motifs is 1. The summed E-state index contributed by atoms with van der Waals surface area (Å²) in [6.07, 6.45) is 0. The highest BCUT2D eigenvalue weighted by molar-refractivity contribution is 5.87. The van der Waals surface area contributed by atoms with Crippen LogP contribution in [0.3, 0.4) is 0 Å². The number of nitrogens with zero attached hydrogens (tertiary/aromatic N) is 4. The number of phenols is 1. The van der Waals surface area contributed by atoms with Crippen LogP contribution < -0.4 is 4.74 Å². The van der Waals surface area contributed by atoms with Gasteiger partial charge in [-0.25, -0.2) is 4.98 Å². The average Bonchev–Trinajstić information content (AvgIpc) is 3.37. The van der Waals surface area contributed by atoms with Crippen molar-refractivity contribution in [3.63, 3.8) is 0 Å². The Labute approximate surface area is 194 Å². The lowest BCUT2D eigenvalue weighted by molar-refractivity contribution is -0.384. The van der Waals surface area contributed by atoms with Crippen molar-refractivity contribution < 1.29 is 14.8 Å². The number of aromatic amines is 1. The first kappa shape index (κ1) is 21.2. The second kappa shape index (κ2) is 8.36. The Balaban J connectivity index is 1.43. The number of nitro groups is 1. The molecule has 5 aromatic rings. The Hall–Kier alpha value is -4.66. The molecule has 9 heteroatoms. The van der Waals surface area contributed by atoms with Crippen molar-refractivity contribution in [2.45, 2.75) is 13.5 Å². The van der Waals surface area contributed by atoms with Crippen LogP contribution in [0, 0.1) is 17.0 Å². The summed E-state index contributed by atoms with van der Waals surface area (Å²) < 4.78 is 7.78. The monoisotopic (exact) mass is 455 g/mol. The van der Waals surface area contributed by atoms with Crippen LogP contribution in [0.5, 0.6) is 11.5 Å². The lowest BCUT2D eigenvalue weighted by Gasteiger charge is -2.10. The maximum Gasteiger partial charge on any atom is 0.269 e. The number of nitrogens with one attached hydrogen (secondary N) is 1. The molecule has 0 aliphatic heterocycles. The molecule has 9 nitrogen and oxygen atoms in total. The van der Waals surface area contributed by atoms with E-state index < -0.39 is 4.92 Å². The Morgan fingerprint density at radius 1 is 1.12 bits per heavy atom. The van der Waals surface area contributed by atoms with Gasteiger partial charge >= 0.3 is 0 Å². The summed E-state index contributed by atoms with van der Waals surface area (Å²) in [6.45, 7) is 2.13. The van der Waals surface area contributed by atoms with Gasteiger partial charge in [0.1, 0.15) is 29.6 Å². The number of para-hydroxylation sites is 2. The smallest absolute Gasteiger partial charge is 0.269 e. The van der Waals surface area contributed by atoms with E-state index in [4.69, 9.17) is 9.72 Å². The minimum atomic E-state index is -0.444. The van der Waals surface area contributed by atoms with Crippen LogP contribution >= 0.6 is 0 Å². The van der Waals surface area contributed by atoms with Gasteiger partial charge in [-0.05, 0) is 48.9 Å². The number of phenolic OH excluding ortho intramolecular Hbond substituents is 1. The molecule has 0 fully saturated rings. The third-order valence-corrected chi connectivity index (χ3v) is 5.73. The first-order chi connectivity index (χ1) is 16.4. The number of non-ortho nitro benzene ring substituents is 1. The minimum Gasteiger partial charge on any atom is -0.507 e. The number of nitro benzene ring substituents is 1. The molecule has 0 aliphatic carbocycles. The molecule has 3 aromatic carbocycles. The number of benzene rings is 3. The van der Waals surface area contributed by atoms with Crippen molar-refractivity contribution in [1.82, 2.24) is 19.7 Å². The number of H-pyrrole nitrogens is 1. The predicted molar refractivity (Wildman–Crippen MR) is 128 cm³/mol. The lowest BCUT2D eigenvalue weighted by Crippen LogP contribution is -1.97. The molecule has 0 atom stereocenters. The van der Waals surface area contributed by atoms with Crippen molar-refractivity contribution in [2.75, 3.05) is 0 Å². The Kier molecular flexibility index (Phi) is 5.21. The van der Waals surface area contributed by atoms with E-state index in [1.807, 2.05) is 42.8 Å². The standard InChI is InChI=1S/C25H21N5O4/c1-15-23(25-26-20-5-3-4-6-21(20)29(25)2)24(28-27-15)19-12-11-18(13-22(19)31)34-14-16-7-9-17(10-8-16)30(32)33/h3-13,31H,14H2,1-2H3,(H,27,28). The highest BCUT2D eigenvalue weighted by Gasteiger charge is 2.22. The van der Waals surface area contributed by atoms with E-state index in [9.17, 15) is 15.2 Å². The molecular weight excluding hydrogens is 434 g/mol. The molecule has 0 unspecified atom stereocenters. The van der Waals surface area contributed by atoms with Gasteiger partial charge in [0.15, 0.2) is 0 Å². The van der Waals surface area contributed by atoms with E-state index in [1.54, 1.807) is 24.3 Å². The van der Waals surface area contributed by atoms with E-state index in [0.717, 1.165) is 33.7 Å². The zero-order chi connectivity index (χ0) is 23.8. The van der Waals surface area contributed by atoms with Gasteiger partial charge in [-0.2, -0.15) is 5.10 Å². The summed E-state index contributed by atoms with van der Waals surface area (Å²) in [5.41, 5.74) is 5.48. The Bertz CT molecular complexity index is 1520. The summed E-state index contributed by atoms with van der Waals surface area (Å²) in [4.78, 5) is 15.1. The van der Waals surface area contributed by atoms with Crippen LogP contribution in [0.15, 0.2) is 66.7 Å². The van der Waals surface area contributed by atoms with Crippen LogP contribution in [0.1, 0.15) is 11.3 Å². The molecule has 0 bridgehead atoms. The summed E-state index contributed by atoms with van der Waals surface area (Å²) in [6, 6.07) is 19.1. The van der Waals surface area contributed by atoms with E-state index >= 15 is 0 Å². The van der Waals surface area contributed by atoms with Crippen molar-refractivity contribution in [1.29, 1.82) is 0 Å². The van der Waals surface area contributed by atoms with Crippen molar-refractivity contribution in [3.05, 3.63) is 88.1 Å². The Morgan fingerprint density at radius 3 is 2.59 bits per heavy atom. The van der Waals surface area contributed by atoms with Gasteiger partial charge in [-0.1, -0.05) is 12.1 Å². The van der Waals surface area contributed by atoms with Crippen LogP contribution in [0.2, 0.25) is 0 Å². The third-order valence-electron chi connectivity index (χ3n) is 5.73. The topological polar surface area (TPSA) is 119 Å². The summed E-state index contributed by atoms with van der Waals surface area (Å²) in [5.74, 6) is 1.24. The molecule has 2 heterocycles. The van der Waals surface area contributed by atoms with Gasteiger partial charge in [0.25, 0.3) is 5.69 Å². The van der Waals surface area contributed by atoms with Gasteiger partial charge in [-0.15, -0.1) is 0 Å². The summed E-state index contributed by atoms with van der Waals surface area (Å²) in [7, 11) is 1.95. The lowest BCUT2D eigenvalue weighted by atomic mass is 10.0. The second-order valence-corrected chi connectivity index (χ2v) is 7.95. The van der Waals surface area contributed by atoms with Crippen LogP contribution in [-0.2, 0) is 13.7 Å². The molecule has 0 radical (unpaired) electrons. The zero-order valence-electron chi connectivity index (χ0n) is 18.5. The largest absolute Gasteiger partial charge is 0.507 e.